The van der Waals surface area contributed by atoms with Gasteiger partial charge in [0, 0.05) is 17.6 Å². The molecule has 0 radical (unpaired) electrons. The van der Waals surface area contributed by atoms with Crippen LogP contribution in [0.3, 0.4) is 0 Å². The Labute approximate surface area is 149 Å². The summed E-state index contributed by atoms with van der Waals surface area (Å²) in [5, 5.41) is 11.3. The molecule has 1 aromatic carbocycles. The zero-order valence-corrected chi connectivity index (χ0v) is 15.6. The minimum Gasteiger partial charge on any atom is -0.494 e. The van der Waals surface area contributed by atoms with Crippen LogP contribution in [0.4, 0.5) is 11.4 Å². The fraction of sp³-hybridized carbons (Fsp3) is 0.647. The van der Waals surface area contributed by atoms with Gasteiger partial charge in [-0.25, -0.2) is 0 Å². The summed E-state index contributed by atoms with van der Waals surface area (Å²) in [4.78, 5) is 10.7. The number of benzene rings is 1. The van der Waals surface area contributed by atoms with Crippen molar-refractivity contribution in [2.75, 3.05) is 12.3 Å². The van der Waals surface area contributed by atoms with Crippen LogP contribution in [-0.2, 0) is 9.31 Å². The second-order valence-corrected chi connectivity index (χ2v) is 7.35. The highest BCUT2D eigenvalue weighted by Gasteiger charge is 2.52. The van der Waals surface area contributed by atoms with Crippen LogP contribution < -0.4 is 15.9 Å². The lowest BCUT2D eigenvalue weighted by molar-refractivity contribution is -0.383. The molecule has 1 aromatic rings. The molecule has 1 heterocycles. The SMILES string of the molecule is CCCCCOc1cc(N)c([N+](=O)[O-])cc1B1OC(C)(C)C(C)(C)O1. The first-order valence-corrected chi connectivity index (χ1v) is 8.65. The summed E-state index contributed by atoms with van der Waals surface area (Å²) in [5.41, 5.74) is 5.11. The summed E-state index contributed by atoms with van der Waals surface area (Å²) in [6, 6.07) is 2.89. The number of hydrogen-bond donors (Lipinski definition) is 1. The van der Waals surface area contributed by atoms with Crippen molar-refractivity contribution in [3.8, 4) is 5.75 Å². The summed E-state index contributed by atoms with van der Waals surface area (Å²) >= 11 is 0. The van der Waals surface area contributed by atoms with Gasteiger partial charge in [-0.2, -0.15) is 0 Å². The summed E-state index contributed by atoms with van der Waals surface area (Å²) < 4.78 is 17.9. The van der Waals surface area contributed by atoms with Gasteiger partial charge >= 0.3 is 7.12 Å². The lowest BCUT2D eigenvalue weighted by Crippen LogP contribution is -2.41. The Kier molecular flexibility index (Phi) is 5.63. The average Bonchev–Trinajstić information content (AvgIpc) is 2.71. The van der Waals surface area contributed by atoms with Crippen molar-refractivity contribution in [3.05, 3.63) is 22.2 Å². The summed E-state index contributed by atoms with van der Waals surface area (Å²) in [7, 11) is -0.745. The molecule has 0 unspecified atom stereocenters. The van der Waals surface area contributed by atoms with Crippen LogP contribution in [0.25, 0.3) is 0 Å². The van der Waals surface area contributed by atoms with Crippen LogP contribution in [-0.4, -0.2) is 29.9 Å². The van der Waals surface area contributed by atoms with Crippen LogP contribution in [0.5, 0.6) is 5.75 Å². The lowest BCUT2D eigenvalue weighted by atomic mass is 9.78. The van der Waals surface area contributed by atoms with Crippen molar-refractivity contribution in [2.45, 2.75) is 65.1 Å². The molecule has 0 aliphatic carbocycles. The molecule has 25 heavy (non-hydrogen) atoms. The highest BCUT2D eigenvalue weighted by molar-refractivity contribution is 6.63. The highest BCUT2D eigenvalue weighted by Crippen LogP contribution is 2.38. The quantitative estimate of drug-likeness (QED) is 0.267. The molecule has 1 saturated heterocycles. The minimum absolute atomic E-state index is 0.0655. The van der Waals surface area contributed by atoms with Crippen molar-refractivity contribution in [2.24, 2.45) is 0 Å². The van der Waals surface area contributed by atoms with Gasteiger partial charge in [-0.1, -0.05) is 19.8 Å². The first kappa shape index (κ1) is 19.5. The van der Waals surface area contributed by atoms with E-state index in [0.717, 1.165) is 19.3 Å². The molecule has 7 nitrogen and oxygen atoms in total. The third kappa shape index (κ3) is 4.07. The number of unbranched alkanes of at least 4 members (excludes halogenated alkanes) is 2. The van der Waals surface area contributed by atoms with Gasteiger partial charge in [-0.05, 0) is 34.1 Å². The number of nitrogens with zero attached hydrogens (tertiary/aromatic N) is 1. The molecule has 0 amide bonds. The minimum atomic E-state index is -0.745. The van der Waals surface area contributed by atoms with Crippen LogP contribution in [0, 0.1) is 10.1 Å². The second kappa shape index (κ2) is 7.21. The average molecular weight is 350 g/mol. The second-order valence-electron chi connectivity index (χ2n) is 7.35. The van der Waals surface area contributed by atoms with E-state index >= 15 is 0 Å². The van der Waals surface area contributed by atoms with Gasteiger partial charge in [0.1, 0.15) is 11.4 Å². The Bertz CT molecular complexity index is 632. The van der Waals surface area contributed by atoms with Gasteiger partial charge in [-0.3, -0.25) is 10.1 Å². The molecule has 0 spiro atoms. The fourth-order valence-corrected chi connectivity index (χ4v) is 2.57. The Balaban J connectivity index is 2.36. The van der Waals surface area contributed by atoms with Crippen molar-refractivity contribution < 1.29 is 19.0 Å². The van der Waals surface area contributed by atoms with Crippen LogP contribution in [0.1, 0.15) is 53.9 Å². The summed E-state index contributed by atoms with van der Waals surface area (Å²) in [6.07, 6.45) is 3.03. The lowest BCUT2D eigenvalue weighted by Gasteiger charge is -2.32. The maximum absolute atomic E-state index is 11.3. The normalized spacial score (nSPS) is 18.4. The van der Waals surface area contributed by atoms with Gasteiger partial charge < -0.3 is 19.8 Å². The van der Waals surface area contributed by atoms with E-state index in [2.05, 4.69) is 6.92 Å². The van der Waals surface area contributed by atoms with Crippen molar-refractivity contribution in [1.29, 1.82) is 0 Å². The number of rotatable bonds is 7. The molecule has 1 aliphatic rings. The van der Waals surface area contributed by atoms with Gasteiger partial charge in [0.25, 0.3) is 5.69 Å². The number of nitrogen functional groups attached to an aromatic ring is 1. The number of nitrogens with two attached hydrogens (primary N) is 1. The van der Waals surface area contributed by atoms with E-state index in [9.17, 15) is 10.1 Å². The van der Waals surface area contributed by atoms with Crippen molar-refractivity contribution >= 4 is 24.0 Å². The van der Waals surface area contributed by atoms with E-state index in [-0.39, 0.29) is 11.4 Å². The molecule has 0 bridgehead atoms. The Hall–Kier alpha value is -1.80. The number of hydrogen-bond acceptors (Lipinski definition) is 6. The fourth-order valence-electron chi connectivity index (χ4n) is 2.57. The van der Waals surface area contributed by atoms with Gasteiger partial charge in [0.15, 0.2) is 0 Å². The number of ether oxygens (including phenoxy) is 1. The molecule has 0 saturated carbocycles. The maximum atomic E-state index is 11.3. The molecular weight excluding hydrogens is 323 g/mol. The number of nitro benzene ring substituents is 1. The van der Waals surface area contributed by atoms with E-state index in [4.69, 9.17) is 19.8 Å². The largest absolute Gasteiger partial charge is 0.498 e. The Morgan fingerprint density at radius 3 is 2.32 bits per heavy atom. The van der Waals surface area contributed by atoms with E-state index in [1.165, 1.54) is 12.1 Å². The third-order valence-corrected chi connectivity index (χ3v) is 4.87. The molecule has 1 aliphatic heterocycles. The zero-order valence-electron chi connectivity index (χ0n) is 15.6. The predicted octanol–water partition coefficient (Wildman–Crippen LogP) is 3.05. The first-order valence-electron chi connectivity index (χ1n) is 8.65. The standard InChI is InChI=1S/C17H27BN2O5/c1-6-7-8-9-23-15-11-13(19)14(20(21)22)10-12(15)18-24-16(2,3)17(4,5)25-18/h10-11H,6-9,19H2,1-5H3. The maximum Gasteiger partial charge on any atom is 0.498 e. The van der Waals surface area contributed by atoms with E-state index in [0.29, 0.717) is 17.8 Å². The Morgan fingerprint density at radius 1 is 1.20 bits per heavy atom. The van der Waals surface area contributed by atoms with Crippen LogP contribution in [0.2, 0.25) is 0 Å². The molecule has 1 fully saturated rings. The Morgan fingerprint density at radius 2 is 1.80 bits per heavy atom. The van der Waals surface area contributed by atoms with Crippen LogP contribution in [0.15, 0.2) is 12.1 Å². The van der Waals surface area contributed by atoms with Gasteiger partial charge in [-0.15, -0.1) is 0 Å². The topological polar surface area (TPSA) is 96.9 Å². The van der Waals surface area contributed by atoms with Crippen molar-refractivity contribution in [3.63, 3.8) is 0 Å². The highest BCUT2D eigenvalue weighted by atomic mass is 16.7. The van der Waals surface area contributed by atoms with Gasteiger partial charge in [0.2, 0.25) is 0 Å². The molecular formula is C17H27BN2O5. The molecule has 8 heteroatoms. The first-order chi connectivity index (χ1) is 11.6. The van der Waals surface area contributed by atoms with E-state index < -0.39 is 23.2 Å². The van der Waals surface area contributed by atoms with E-state index in [1.54, 1.807) is 0 Å². The molecule has 2 rings (SSSR count). The zero-order chi connectivity index (χ0) is 18.8. The third-order valence-electron chi connectivity index (χ3n) is 4.87. The molecule has 2 N–H and O–H groups in total. The number of nitro groups is 1. The van der Waals surface area contributed by atoms with Gasteiger partial charge in [0.05, 0.1) is 22.7 Å². The van der Waals surface area contributed by atoms with Crippen molar-refractivity contribution in [1.82, 2.24) is 0 Å². The van der Waals surface area contributed by atoms with Crippen LogP contribution >= 0.6 is 0 Å². The summed E-state index contributed by atoms with van der Waals surface area (Å²) in [5.74, 6) is 0.470. The monoisotopic (exact) mass is 350 g/mol. The molecule has 0 atom stereocenters. The molecule has 0 aromatic heterocycles. The predicted molar refractivity (Wildman–Crippen MR) is 98.2 cm³/mol. The molecule has 138 valence electrons. The smallest absolute Gasteiger partial charge is 0.494 e. The van der Waals surface area contributed by atoms with E-state index in [1.807, 2.05) is 27.7 Å². The summed E-state index contributed by atoms with van der Waals surface area (Å²) in [6.45, 7) is 10.3. The number of anilines is 1.